The minimum atomic E-state index is -0.550. The first-order valence-corrected chi connectivity index (χ1v) is 12.8. The lowest BCUT2D eigenvalue weighted by Crippen LogP contribution is -2.41. The maximum Gasteiger partial charge on any atom is 0.410 e. The van der Waals surface area contributed by atoms with E-state index in [1.165, 1.54) is 0 Å². The maximum absolute atomic E-state index is 13.6. The molecule has 1 saturated heterocycles. The molecule has 2 aromatic carbocycles. The Morgan fingerprint density at radius 2 is 1.68 bits per heavy atom. The van der Waals surface area contributed by atoms with E-state index in [0.29, 0.717) is 48.7 Å². The largest absolute Gasteiger partial charge is 0.497 e. The molecule has 0 atom stereocenters. The predicted molar refractivity (Wildman–Crippen MR) is 146 cm³/mol. The van der Waals surface area contributed by atoms with Gasteiger partial charge in [-0.3, -0.25) is 4.79 Å². The van der Waals surface area contributed by atoms with Crippen molar-refractivity contribution in [3.63, 3.8) is 0 Å². The normalized spacial score (nSPS) is 14.2. The number of carbonyl (C=O) groups is 2. The highest BCUT2D eigenvalue weighted by atomic mass is 16.6. The van der Waals surface area contributed by atoms with E-state index < -0.39 is 5.60 Å². The third-order valence-corrected chi connectivity index (χ3v) is 6.52. The minimum absolute atomic E-state index is 0.0241. The zero-order chi connectivity index (χ0) is 27.4. The average Bonchev–Trinajstić information content (AvgIpc) is 3.34. The van der Waals surface area contributed by atoms with Crippen LogP contribution < -0.4 is 14.8 Å². The van der Waals surface area contributed by atoms with Crippen molar-refractivity contribution < 1.29 is 23.8 Å². The highest BCUT2D eigenvalue weighted by Crippen LogP contribution is 2.34. The van der Waals surface area contributed by atoms with E-state index in [-0.39, 0.29) is 17.9 Å². The first-order valence-electron chi connectivity index (χ1n) is 12.8. The molecule has 2 amide bonds. The smallest absolute Gasteiger partial charge is 0.410 e. The van der Waals surface area contributed by atoms with Crippen LogP contribution in [0.3, 0.4) is 0 Å². The highest BCUT2D eigenvalue weighted by Gasteiger charge is 2.32. The number of amides is 2. The van der Waals surface area contributed by atoms with Crippen LogP contribution in [0.1, 0.15) is 61.1 Å². The van der Waals surface area contributed by atoms with Gasteiger partial charge in [-0.05, 0) is 64.8 Å². The number of piperidine rings is 1. The minimum Gasteiger partial charge on any atom is -0.497 e. The molecule has 1 aliphatic heterocycles. The Bertz CT molecular complexity index is 1290. The van der Waals surface area contributed by atoms with E-state index in [0.717, 1.165) is 16.9 Å². The van der Waals surface area contributed by atoms with E-state index in [4.69, 9.17) is 14.2 Å². The van der Waals surface area contributed by atoms with E-state index >= 15 is 0 Å². The van der Waals surface area contributed by atoms with Crippen LogP contribution in [0.25, 0.3) is 5.69 Å². The standard InChI is InChI=1S/C29H36N4O5/c1-19-7-9-21(10-8-19)33-26(20-13-15-32(16-14-20)28(35)38-29(2,3)4)23(18-30-33)27(34)31-24-12-11-22(36-5)17-25(24)37-6/h7-12,17-18,20H,13-16H2,1-6H3,(H,31,34). The Labute approximate surface area is 223 Å². The van der Waals surface area contributed by atoms with Gasteiger partial charge in [0, 0.05) is 25.1 Å². The van der Waals surface area contributed by atoms with Crippen molar-refractivity contribution in [1.29, 1.82) is 0 Å². The number of aromatic nitrogens is 2. The van der Waals surface area contributed by atoms with E-state index in [1.54, 1.807) is 43.5 Å². The summed E-state index contributed by atoms with van der Waals surface area (Å²) in [5.41, 5.74) is 3.30. The second kappa shape index (κ2) is 11.2. The second-order valence-corrected chi connectivity index (χ2v) is 10.5. The fourth-order valence-corrected chi connectivity index (χ4v) is 4.57. The van der Waals surface area contributed by atoms with Gasteiger partial charge in [-0.25, -0.2) is 9.48 Å². The van der Waals surface area contributed by atoms with Gasteiger partial charge in [0.2, 0.25) is 0 Å². The number of carbonyl (C=O) groups excluding carboxylic acids is 2. The van der Waals surface area contributed by atoms with Gasteiger partial charge < -0.3 is 24.4 Å². The third-order valence-electron chi connectivity index (χ3n) is 6.52. The molecule has 1 fully saturated rings. The topological polar surface area (TPSA) is 94.9 Å². The van der Waals surface area contributed by atoms with Crippen LogP contribution >= 0.6 is 0 Å². The summed E-state index contributed by atoms with van der Waals surface area (Å²) in [4.78, 5) is 27.9. The summed E-state index contributed by atoms with van der Waals surface area (Å²) in [6.07, 6.45) is 2.67. The lowest BCUT2D eigenvalue weighted by molar-refractivity contribution is 0.0203. The number of benzene rings is 2. The lowest BCUT2D eigenvalue weighted by atomic mass is 9.90. The number of aryl methyl sites for hydroxylation is 1. The summed E-state index contributed by atoms with van der Waals surface area (Å²) in [5.74, 6) is 0.868. The van der Waals surface area contributed by atoms with Gasteiger partial charge in [-0.2, -0.15) is 5.10 Å². The van der Waals surface area contributed by atoms with Gasteiger partial charge in [-0.1, -0.05) is 17.7 Å². The number of anilines is 1. The zero-order valence-electron chi connectivity index (χ0n) is 22.9. The Balaban J connectivity index is 1.63. The molecule has 1 aromatic heterocycles. The number of likely N-dealkylation sites (tertiary alicyclic amines) is 1. The summed E-state index contributed by atoms with van der Waals surface area (Å²) in [7, 11) is 3.12. The third kappa shape index (κ3) is 6.10. The van der Waals surface area contributed by atoms with Crippen molar-refractivity contribution in [3.8, 4) is 17.2 Å². The van der Waals surface area contributed by atoms with Crippen LogP contribution in [0, 0.1) is 6.92 Å². The molecule has 0 radical (unpaired) electrons. The van der Waals surface area contributed by atoms with E-state index in [9.17, 15) is 9.59 Å². The van der Waals surface area contributed by atoms with Crippen molar-refractivity contribution in [2.75, 3.05) is 32.6 Å². The van der Waals surface area contributed by atoms with Crippen LogP contribution in [-0.4, -0.2) is 59.6 Å². The van der Waals surface area contributed by atoms with Crippen LogP contribution in [0.5, 0.6) is 11.5 Å². The molecular formula is C29H36N4O5. The van der Waals surface area contributed by atoms with Gasteiger partial charge in [0.1, 0.15) is 17.1 Å². The quantitative estimate of drug-likeness (QED) is 0.457. The first-order chi connectivity index (χ1) is 18.1. The summed E-state index contributed by atoms with van der Waals surface area (Å²) in [5, 5.41) is 7.60. The zero-order valence-corrected chi connectivity index (χ0v) is 22.9. The number of hydrogen-bond acceptors (Lipinski definition) is 6. The first kappa shape index (κ1) is 27.0. The summed E-state index contributed by atoms with van der Waals surface area (Å²) in [6.45, 7) is 8.68. The molecule has 4 rings (SSSR count). The van der Waals surface area contributed by atoms with Gasteiger partial charge in [0.25, 0.3) is 5.91 Å². The molecule has 38 heavy (non-hydrogen) atoms. The summed E-state index contributed by atoms with van der Waals surface area (Å²) < 4.78 is 18.1. The molecule has 9 heteroatoms. The molecule has 202 valence electrons. The van der Waals surface area contributed by atoms with Crippen molar-refractivity contribution >= 4 is 17.7 Å². The van der Waals surface area contributed by atoms with Crippen LogP contribution in [0.2, 0.25) is 0 Å². The van der Waals surface area contributed by atoms with Crippen molar-refractivity contribution in [2.24, 2.45) is 0 Å². The number of nitrogens with one attached hydrogen (secondary N) is 1. The summed E-state index contributed by atoms with van der Waals surface area (Å²) >= 11 is 0. The van der Waals surface area contributed by atoms with E-state index in [1.807, 2.05) is 56.6 Å². The Morgan fingerprint density at radius 3 is 2.29 bits per heavy atom. The van der Waals surface area contributed by atoms with Gasteiger partial charge in [-0.15, -0.1) is 0 Å². The Hall–Kier alpha value is -4.01. The molecule has 3 aromatic rings. The Morgan fingerprint density at radius 1 is 1.00 bits per heavy atom. The number of hydrogen-bond donors (Lipinski definition) is 1. The molecule has 0 aliphatic carbocycles. The number of nitrogens with zero attached hydrogens (tertiary/aromatic N) is 3. The number of ether oxygens (including phenoxy) is 3. The van der Waals surface area contributed by atoms with E-state index in [2.05, 4.69) is 10.4 Å². The van der Waals surface area contributed by atoms with Crippen molar-refractivity contribution in [2.45, 2.75) is 52.1 Å². The van der Waals surface area contributed by atoms with Gasteiger partial charge in [0.15, 0.2) is 0 Å². The van der Waals surface area contributed by atoms with Gasteiger partial charge >= 0.3 is 6.09 Å². The van der Waals surface area contributed by atoms with Crippen LogP contribution in [0.15, 0.2) is 48.7 Å². The molecule has 2 heterocycles. The molecule has 0 spiro atoms. The Kier molecular flexibility index (Phi) is 7.94. The molecular weight excluding hydrogens is 484 g/mol. The van der Waals surface area contributed by atoms with Gasteiger partial charge in [0.05, 0.1) is 43.0 Å². The molecule has 0 bridgehead atoms. The molecule has 9 nitrogen and oxygen atoms in total. The van der Waals surface area contributed by atoms with Crippen molar-refractivity contribution in [3.05, 3.63) is 65.5 Å². The second-order valence-electron chi connectivity index (χ2n) is 10.5. The fourth-order valence-electron chi connectivity index (χ4n) is 4.57. The van der Waals surface area contributed by atoms with Crippen LogP contribution in [0.4, 0.5) is 10.5 Å². The average molecular weight is 521 g/mol. The SMILES string of the molecule is COc1ccc(NC(=O)c2cnn(-c3ccc(C)cc3)c2C2CCN(C(=O)OC(C)(C)C)CC2)c(OC)c1. The fraction of sp³-hybridized carbons (Fsp3) is 0.414. The number of methoxy groups -OCH3 is 2. The molecule has 1 N–H and O–H groups in total. The number of rotatable bonds is 6. The van der Waals surface area contributed by atoms with Crippen LogP contribution in [-0.2, 0) is 4.74 Å². The maximum atomic E-state index is 13.6. The molecule has 0 unspecified atom stereocenters. The predicted octanol–water partition coefficient (Wildman–Crippen LogP) is 5.56. The summed E-state index contributed by atoms with van der Waals surface area (Å²) in [6, 6.07) is 13.3. The van der Waals surface area contributed by atoms with Crippen molar-refractivity contribution in [1.82, 2.24) is 14.7 Å². The monoisotopic (exact) mass is 520 g/mol. The molecule has 0 saturated carbocycles. The molecule has 1 aliphatic rings. The highest BCUT2D eigenvalue weighted by molar-refractivity contribution is 6.06. The lowest BCUT2D eigenvalue weighted by Gasteiger charge is -2.34.